The van der Waals surface area contributed by atoms with E-state index in [4.69, 9.17) is 21.4 Å². The van der Waals surface area contributed by atoms with Crippen molar-refractivity contribution in [1.29, 1.82) is 0 Å². The van der Waals surface area contributed by atoms with Gasteiger partial charge >= 0.3 is 12.9 Å². The van der Waals surface area contributed by atoms with E-state index in [0.29, 0.717) is 10.9 Å². The lowest BCUT2D eigenvalue weighted by molar-refractivity contribution is 0.153. The van der Waals surface area contributed by atoms with Crippen LogP contribution in [0.1, 0.15) is 27.7 Å². The Morgan fingerprint density at radius 2 is 1.75 bits per heavy atom. The van der Waals surface area contributed by atoms with Crippen molar-refractivity contribution in [3.63, 3.8) is 0 Å². The van der Waals surface area contributed by atoms with Crippen LogP contribution < -0.4 is 10.1 Å². The van der Waals surface area contributed by atoms with Crippen molar-refractivity contribution in [2.45, 2.75) is 39.6 Å². The van der Waals surface area contributed by atoms with Crippen LogP contribution in [0.25, 0.3) is 11.1 Å². The summed E-state index contributed by atoms with van der Waals surface area (Å²) in [5.41, 5.74) is 2.31. The van der Waals surface area contributed by atoms with Crippen LogP contribution in [0.5, 0.6) is 5.75 Å². The third-order valence-corrected chi connectivity index (χ3v) is 9.99. The highest BCUT2D eigenvalue weighted by Gasteiger charge is 2.34. The highest BCUT2D eigenvalue weighted by Crippen LogP contribution is 2.41. The molecule has 0 aliphatic carbocycles. The Morgan fingerprint density at radius 1 is 1.12 bits per heavy atom. The van der Waals surface area contributed by atoms with E-state index in [0.717, 1.165) is 11.3 Å². The number of nitrogens with zero attached hydrogens (tertiary/aromatic N) is 2. The minimum absolute atomic E-state index is 0.168. The summed E-state index contributed by atoms with van der Waals surface area (Å²) in [7, 11) is 0. The van der Waals surface area contributed by atoms with Gasteiger partial charge in [0.1, 0.15) is 10.8 Å². The lowest BCUT2D eigenvalue weighted by atomic mass is 10.1. The maximum atomic E-state index is 11.8. The first-order valence-electron chi connectivity index (χ1n) is 10.1. The maximum absolute atomic E-state index is 11.8. The quantitative estimate of drug-likeness (QED) is 0.0728. The molecule has 2 atom stereocenters. The predicted octanol–water partition coefficient (Wildman–Crippen LogP) is 6.68. The SMILES string of the molecule is CSC(C)=NOC(=O)NCSN(C(C)C)[P+](=S)C(C)Oc1ccc(-c2ccccc2)cc1. The van der Waals surface area contributed by atoms with Crippen LogP contribution in [-0.2, 0) is 16.6 Å². The van der Waals surface area contributed by atoms with Gasteiger partial charge in [0.15, 0.2) is 11.8 Å². The molecule has 2 unspecified atom stereocenters. The summed E-state index contributed by atoms with van der Waals surface area (Å²) in [6.07, 6.45) is 1.27. The number of hydrogen-bond acceptors (Lipinski definition) is 7. The molecule has 1 amide bonds. The van der Waals surface area contributed by atoms with Crippen LogP contribution in [0, 0.1) is 0 Å². The molecule has 0 radical (unpaired) electrons. The molecule has 0 aliphatic rings. The summed E-state index contributed by atoms with van der Waals surface area (Å²) in [6, 6.07) is 18.4. The van der Waals surface area contributed by atoms with E-state index < -0.39 is 12.9 Å². The van der Waals surface area contributed by atoms with E-state index in [2.05, 4.69) is 52.7 Å². The van der Waals surface area contributed by atoms with Crippen LogP contribution in [0.4, 0.5) is 4.79 Å². The molecule has 32 heavy (non-hydrogen) atoms. The fraction of sp³-hybridized carbons (Fsp3) is 0.364. The van der Waals surface area contributed by atoms with Gasteiger partial charge in [-0.1, -0.05) is 51.7 Å². The normalized spacial score (nSPS) is 13.1. The van der Waals surface area contributed by atoms with Gasteiger partial charge < -0.3 is 10.1 Å². The van der Waals surface area contributed by atoms with Crippen molar-refractivity contribution in [3.8, 4) is 16.9 Å². The van der Waals surface area contributed by atoms with E-state index in [1.807, 2.05) is 43.5 Å². The van der Waals surface area contributed by atoms with Gasteiger partial charge in [0.05, 0.1) is 11.9 Å². The molecule has 0 fully saturated rings. The molecule has 0 bridgehead atoms. The Bertz CT molecular complexity index is 912. The molecule has 0 spiro atoms. The van der Waals surface area contributed by atoms with Crippen molar-refractivity contribution in [2.75, 3.05) is 12.1 Å². The smallest absolute Gasteiger partial charge is 0.434 e. The van der Waals surface area contributed by atoms with E-state index in [1.165, 1.54) is 29.3 Å². The van der Waals surface area contributed by atoms with Gasteiger partial charge in [-0.15, -0.1) is 11.8 Å². The summed E-state index contributed by atoms with van der Waals surface area (Å²) < 4.78 is 8.24. The van der Waals surface area contributed by atoms with Crippen LogP contribution >= 0.6 is 30.6 Å². The molecule has 0 saturated heterocycles. The zero-order chi connectivity index (χ0) is 23.5. The van der Waals surface area contributed by atoms with Crippen molar-refractivity contribution in [1.82, 2.24) is 9.39 Å². The number of rotatable bonds is 10. The third kappa shape index (κ3) is 8.71. The number of nitrogens with one attached hydrogen (secondary N) is 1. The van der Waals surface area contributed by atoms with Gasteiger partial charge in [-0.25, -0.2) is 4.79 Å². The topological polar surface area (TPSA) is 63.2 Å². The first kappa shape index (κ1) is 26.6. The molecule has 0 saturated carbocycles. The lowest BCUT2D eigenvalue weighted by Crippen LogP contribution is -2.28. The largest absolute Gasteiger partial charge is 0.447 e. The lowest BCUT2D eigenvalue weighted by Gasteiger charge is -2.19. The van der Waals surface area contributed by atoms with Gasteiger partial charge in [-0.2, -0.15) is 0 Å². The van der Waals surface area contributed by atoms with Gasteiger partial charge in [0.2, 0.25) is 0 Å². The van der Waals surface area contributed by atoms with E-state index >= 15 is 0 Å². The minimum Gasteiger partial charge on any atom is -0.447 e. The zero-order valence-electron chi connectivity index (χ0n) is 18.8. The number of carbonyl (C=O) groups excluding carboxylic acids is 1. The fourth-order valence-electron chi connectivity index (χ4n) is 2.53. The Labute approximate surface area is 205 Å². The predicted molar refractivity (Wildman–Crippen MR) is 142 cm³/mol. The molecule has 172 valence electrons. The summed E-state index contributed by atoms with van der Waals surface area (Å²) in [5.74, 6) is 0.948. The van der Waals surface area contributed by atoms with Crippen LogP contribution in [0.3, 0.4) is 0 Å². The minimum atomic E-state index is -1.04. The number of amides is 1. The molecule has 1 N–H and O–H groups in total. The van der Waals surface area contributed by atoms with Crippen LogP contribution in [0.2, 0.25) is 0 Å². The average molecular weight is 511 g/mol. The standard InChI is InChI=1S/C22H28N3O3PS3/c1-16(2)25(32-15-23-22(26)28-24-17(3)31-5)29(30)18(4)27-21-13-11-20(12-14-21)19-9-7-6-8-10-19/h6-14,16,18H,15H2,1-5H3/p+1. The van der Waals surface area contributed by atoms with Crippen LogP contribution in [0.15, 0.2) is 59.8 Å². The number of ether oxygens (including phenoxy) is 1. The number of oxime groups is 1. The second-order valence-corrected chi connectivity index (χ2v) is 12.0. The molecular weight excluding hydrogens is 481 g/mol. The average Bonchev–Trinajstić information content (AvgIpc) is 2.80. The molecule has 0 heterocycles. The first-order chi connectivity index (χ1) is 15.3. The summed E-state index contributed by atoms with van der Waals surface area (Å²) >= 11 is 8.69. The van der Waals surface area contributed by atoms with E-state index in [9.17, 15) is 4.79 Å². The summed E-state index contributed by atoms with van der Waals surface area (Å²) in [4.78, 5) is 16.6. The fourth-order valence-corrected chi connectivity index (χ4v) is 6.38. The number of thioether (sulfide) groups is 1. The second kappa shape index (κ2) is 13.8. The van der Waals surface area contributed by atoms with Gasteiger partial charge in [-0.05, 0) is 62.2 Å². The molecule has 2 aromatic rings. The highest BCUT2D eigenvalue weighted by atomic mass is 32.4. The summed E-state index contributed by atoms with van der Waals surface area (Å²) in [6.45, 7) is 6.86. The van der Waals surface area contributed by atoms with E-state index in [1.54, 1.807) is 6.92 Å². The van der Waals surface area contributed by atoms with Gasteiger partial charge in [0.25, 0.3) is 5.85 Å². The Kier molecular flexibility index (Phi) is 11.5. The number of benzene rings is 2. The Balaban J connectivity index is 1.89. The first-order valence-corrected chi connectivity index (χ1v) is 14.6. The van der Waals surface area contributed by atoms with Gasteiger partial charge in [-0.3, -0.25) is 4.84 Å². The second-order valence-electron chi connectivity index (χ2n) is 6.95. The van der Waals surface area contributed by atoms with Crippen molar-refractivity contribution >= 4 is 53.5 Å². The monoisotopic (exact) mass is 510 g/mol. The maximum Gasteiger partial charge on any atom is 0.434 e. The summed E-state index contributed by atoms with van der Waals surface area (Å²) in [5, 5.41) is 7.07. The van der Waals surface area contributed by atoms with Gasteiger partial charge in [0, 0.05) is 6.92 Å². The molecule has 0 aromatic heterocycles. The van der Waals surface area contributed by atoms with Crippen LogP contribution in [-0.4, -0.2) is 39.2 Å². The molecule has 6 nitrogen and oxygen atoms in total. The van der Waals surface area contributed by atoms with Crippen molar-refractivity contribution in [3.05, 3.63) is 54.6 Å². The zero-order valence-corrected chi connectivity index (χ0v) is 22.2. The third-order valence-electron chi connectivity index (χ3n) is 4.18. The molecular formula is C22H29N3O3PS3+. The molecule has 0 aliphatic heterocycles. The van der Waals surface area contributed by atoms with Crippen molar-refractivity contribution in [2.24, 2.45) is 5.16 Å². The highest BCUT2D eigenvalue weighted by molar-refractivity contribution is 8.13. The molecule has 2 rings (SSSR count). The number of hydrogen-bond donors (Lipinski definition) is 1. The van der Waals surface area contributed by atoms with E-state index in [-0.39, 0.29) is 11.9 Å². The Morgan fingerprint density at radius 3 is 2.34 bits per heavy atom. The Hall–Kier alpha value is -1.64. The molecule has 10 heteroatoms. The van der Waals surface area contributed by atoms with Crippen molar-refractivity contribution < 1.29 is 14.4 Å². The molecule has 2 aromatic carbocycles. The number of carbonyl (C=O) groups is 1.